The normalized spacial score (nSPS) is 25.5. The number of allylic oxidation sites excluding steroid dienone is 2. The highest BCUT2D eigenvalue weighted by Gasteiger charge is 2.61. The van der Waals surface area contributed by atoms with Crippen LogP contribution in [0, 0.1) is 28.8 Å². The molecular formula is C11H16ClNO2. The quantitative estimate of drug-likeness (QED) is 0.416. The molecule has 1 saturated carbocycles. The van der Waals surface area contributed by atoms with Gasteiger partial charge in [0.2, 0.25) is 0 Å². The van der Waals surface area contributed by atoms with Crippen molar-refractivity contribution in [2.45, 2.75) is 27.7 Å². The number of ether oxygens (including phenoxy) is 1. The van der Waals surface area contributed by atoms with Crippen LogP contribution in [0.4, 0.5) is 0 Å². The summed E-state index contributed by atoms with van der Waals surface area (Å²) in [6.07, 6.45) is 3.50. The Morgan fingerprint density at radius 2 is 2.00 bits per heavy atom. The minimum absolute atomic E-state index is 0. The molecule has 0 N–H and O–H groups in total. The van der Waals surface area contributed by atoms with Gasteiger partial charge in [-0.05, 0) is 25.2 Å². The number of hydrogen-bond acceptors (Lipinski definition) is 3. The lowest BCUT2D eigenvalue weighted by Crippen LogP contribution is -2.07. The Labute approximate surface area is 96.5 Å². The molecule has 2 atom stereocenters. The minimum atomic E-state index is -0.403. The van der Waals surface area contributed by atoms with Gasteiger partial charge < -0.3 is 4.74 Å². The molecular weight excluding hydrogens is 214 g/mol. The lowest BCUT2D eigenvalue weighted by molar-refractivity contribution is -0.139. The van der Waals surface area contributed by atoms with Crippen molar-refractivity contribution in [2.75, 3.05) is 0 Å². The molecule has 0 aromatic heterocycles. The number of nitrogens with zero attached hydrogens (tertiary/aromatic N) is 1. The van der Waals surface area contributed by atoms with E-state index in [2.05, 4.69) is 10.8 Å². The maximum absolute atomic E-state index is 11.3. The fourth-order valence-corrected chi connectivity index (χ4v) is 1.91. The van der Waals surface area contributed by atoms with Crippen LogP contribution in [0.2, 0.25) is 0 Å². The second-order valence-corrected chi connectivity index (χ2v) is 4.58. The average molecular weight is 230 g/mol. The Hall–Kier alpha value is -1.01. The van der Waals surface area contributed by atoms with Gasteiger partial charge in [-0.2, -0.15) is 0 Å². The molecule has 0 aromatic carbocycles. The lowest BCUT2D eigenvalue weighted by atomic mass is 10.1. The molecule has 0 heterocycles. The molecule has 1 aliphatic rings. The predicted octanol–water partition coefficient (Wildman–Crippen LogP) is 2.67. The third kappa shape index (κ3) is 2.73. The molecule has 0 aliphatic heterocycles. The number of rotatable bonds is 2. The fourth-order valence-electron chi connectivity index (χ4n) is 1.91. The molecule has 4 heteroatoms. The van der Waals surface area contributed by atoms with Gasteiger partial charge in [0.1, 0.15) is 0 Å². The maximum atomic E-state index is 11.3. The van der Waals surface area contributed by atoms with Crippen molar-refractivity contribution in [2.24, 2.45) is 17.3 Å². The molecule has 1 rings (SSSR count). The van der Waals surface area contributed by atoms with E-state index in [9.17, 15) is 4.79 Å². The van der Waals surface area contributed by atoms with Gasteiger partial charge in [0.05, 0.1) is 5.92 Å². The number of halogens is 1. The van der Waals surface area contributed by atoms with Crippen LogP contribution in [0.3, 0.4) is 0 Å². The van der Waals surface area contributed by atoms with Crippen LogP contribution >= 0.6 is 12.4 Å². The zero-order chi connectivity index (χ0) is 10.9. The monoisotopic (exact) mass is 229 g/mol. The van der Waals surface area contributed by atoms with Crippen LogP contribution in [0.15, 0.2) is 11.6 Å². The molecule has 1 aliphatic carbocycles. The molecule has 1 fully saturated rings. The first-order valence-electron chi connectivity index (χ1n) is 4.66. The maximum Gasteiger partial charge on any atom is 0.325 e. The van der Waals surface area contributed by atoms with E-state index in [-0.39, 0.29) is 29.7 Å². The number of carbonyl (C=O) groups excluding carboxylic acids is 1. The highest BCUT2D eigenvalue weighted by Crippen LogP contribution is 2.59. The summed E-state index contributed by atoms with van der Waals surface area (Å²) in [5.74, 6) is -0.342. The Kier molecular flexibility index (Phi) is 4.36. The van der Waals surface area contributed by atoms with Crippen molar-refractivity contribution in [3.63, 3.8) is 0 Å². The SMILES string of the molecule is CC(C)=CC1C(C(=O)OC#N)C1(C)C.Cl. The smallest absolute Gasteiger partial charge is 0.325 e. The van der Waals surface area contributed by atoms with Crippen LogP contribution in [-0.4, -0.2) is 5.97 Å². The van der Waals surface area contributed by atoms with Crippen molar-refractivity contribution in [1.29, 1.82) is 5.26 Å². The van der Waals surface area contributed by atoms with Gasteiger partial charge in [0.25, 0.3) is 6.26 Å². The van der Waals surface area contributed by atoms with Gasteiger partial charge in [-0.15, -0.1) is 17.7 Å². The van der Waals surface area contributed by atoms with E-state index in [1.807, 2.05) is 27.7 Å². The Morgan fingerprint density at radius 3 is 2.40 bits per heavy atom. The summed E-state index contributed by atoms with van der Waals surface area (Å²) >= 11 is 0. The van der Waals surface area contributed by atoms with E-state index in [1.54, 1.807) is 0 Å². The topological polar surface area (TPSA) is 50.1 Å². The van der Waals surface area contributed by atoms with Crippen molar-refractivity contribution in [3.8, 4) is 6.26 Å². The van der Waals surface area contributed by atoms with Crippen LogP contribution in [0.5, 0.6) is 0 Å². The van der Waals surface area contributed by atoms with Gasteiger partial charge in [0.15, 0.2) is 0 Å². The molecule has 3 nitrogen and oxygen atoms in total. The summed E-state index contributed by atoms with van der Waals surface area (Å²) in [4.78, 5) is 11.3. The Bertz CT molecular complexity index is 324. The molecule has 84 valence electrons. The molecule has 0 bridgehead atoms. The van der Waals surface area contributed by atoms with Crippen molar-refractivity contribution >= 4 is 18.4 Å². The zero-order valence-electron chi connectivity index (χ0n) is 9.40. The van der Waals surface area contributed by atoms with E-state index in [0.29, 0.717) is 0 Å². The van der Waals surface area contributed by atoms with Crippen molar-refractivity contribution in [1.82, 2.24) is 0 Å². The molecule has 0 spiro atoms. The third-order valence-corrected chi connectivity index (χ3v) is 2.82. The summed E-state index contributed by atoms with van der Waals surface area (Å²) in [5.41, 5.74) is 1.13. The Balaban J connectivity index is 0.00000196. The van der Waals surface area contributed by atoms with Gasteiger partial charge in [0, 0.05) is 0 Å². The molecule has 0 amide bonds. The number of esters is 1. The highest BCUT2D eigenvalue weighted by molar-refractivity contribution is 5.85. The summed E-state index contributed by atoms with van der Waals surface area (Å²) in [5, 5.41) is 8.24. The summed E-state index contributed by atoms with van der Waals surface area (Å²) in [6, 6.07) is 0. The second kappa shape index (κ2) is 4.67. The number of carbonyl (C=O) groups is 1. The van der Waals surface area contributed by atoms with E-state index in [0.717, 1.165) is 0 Å². The van der Waals surface area contributed by atoms with E-state index >= 15 is 0 Å². The second-order valence-electron chi connectivity index (χ2n) is 4.58. The molecule has 15 heavy (non-hydrogen) atoms. The fraction of sp³-hybridized carbons (Fsp3) is 0.636. The molecule has 0 aromatic rings. The molecule has 2 unspecified atom stereocenters. The summed E-state index contributed by atoms with van der Waals surface area (Å²) in [7, 11) is 0. The zero-order valence-corrected chi connectivity index (χ0v) is 10.2. The number of nitriles is 1. The van der Waals surface area contributed by atoms with Crippen molar-refractivity contribution < 1.29 is 9.53 Å². The van der Waals surface area contributed by atoms with E-state index in [1.165, 1.54) is 11.8 Å². The van der Waals surface area contributed by atoms with Crippen LogP contribution in [0.1, 0.15) is 27.7 Å². The van der Waals surface area contributed by atoms with Gasteiger partial charge >= 0.3 is 5.97 Å². The average Bonchev–Trinajstić information content (AvgIpc) is 2.52. The highest BCUT2D eigenvalue weighted by atomic mass is 35.5. The van der Waals surface area contributed by atoms with E-state index in [4.69, 9.17) is 5.26 Å². The lowest BCUT2D eigenvalue weighted by Gasteiger charge is -1.97. The number of hydrogen-bond donors (Lipinski definition) is 0. The van der Waals surface area contributed by atoms with Crippen LogP contribution < -0.4 is 0 Å². The van der Waals surface area contributed by atoms with E-state index < -0.39 is 5.97 Å². The minimum Gasteiger partial charge on any atom is -0.351 e. The third-order valence-electron chi connectivity index (χ3n) is 2.82. The van der Waals surface area contributed by atoms with Gasteiger partial charge in [-0.1, -0.05) is 25.5 Å². The predicted molar refractivity (Wildman–Crippen MR) is 59.1 cm³/mol. The standard InChI is InChI=1S/C11H15NO2.ClH/c1-7(2)5-8-9(11(8,3)4)10(13)14-6-12;/h5,8-9H,1-4H3;1H. The molecule has 0 saturated heterocycles. The molecule has 0 radical (unpaired) electrons. The van der Waals surface area contributed by atoms with Crippen LogP contribution in [-0.2, 0) is 9.53 Å². The van der Waals surface area contributed by atoms with Gasteiger partial charge in [-0.25, -0.2) is 0 Å². The summed E-state index contributed by atoms with van der Waals surface area (Å²) < 4.78 is 4.35. The first-order valence-corrected chi connectivity index (χ1v) is 4.66. The largest absolute Gasteiger partial charge is 0.351 e. The summed E-state index contributed by atoms with van der Waals surface area (Å²) in [6.45, 7) is 8.03. The first-order chi connectivity index (χ1) is 6.41. The first kappa shape index (κ1) is 14.0. The Morgan fingerprint density at radius 1 is 1.47 bits per heavy atom. The van der Waals surface area contributed by atoms with Gasteiger partial charge in [-0.3, -0.25) is 4.79 Å². The van der Waals surface area contributed by atoms with Crippen LogP contribution in [0.25, 0.3) is 0 Å². The van der Waals surface area contributed by atoms with Crippen molar-refractivity contribution in [3.05, 3.63) is 11.6 Å².